The highest BCUT2D eigenvalue weighted by molar-refractivity contribution is 7.89. The molecule has 2 aromatic rings. The van der Waals surface area contributed by atoms with E-state index in [1.165, 1.54) is 4.31 Å². The first-order chi connectivity index (χ1) is 12.6. The van der Waals surface area contributed by atoms with E-state index in [-0.39, 0.29) is 10.8 Å². The number of sulfonamides is 1. The summed E-state index contributed by atoms with van der Waals surface area (Å²) in [6.45, 7) is 2.06. The lowest BCUT2D eigenvalue weighted by atomic mass is 10.0. The zero-order chi connectivity index (χ0) is 18.1. The molecular formula is C17H21N5O3S. The number of aromatic amines is 1. The molecule has 1 aromatic carbocycles. The fourth-order valence-electron chi connectivity index (χ4n) is 3.50. The van der Waals surface area contributed by atoms with Gasteiger partial charge in [0.1, 0.15) is 6.04 Å². The molecule has 0 spiro atoms. The van der Waals surface area contributed by atoms with Crippen LogP contribution in [0.15, 0.2) is 41.6 Å². The monoisotopic (exact) mass is 375 g/mol. The Bertz CT molecular complexity index is 888. The van der Waals surface area contributed by atoms with Gasteiger partial charge in [0.25, 0.3) is 0 Å². The number of piperazine rings is 1. The lowest BCUT2D eigenvalue weighted by Crippen LogP contribution is -2.53. The molecule has 0 saturated carbocycles. The van der Waals surface area contributed by atoms with Crippen molar-refractivity contribution in [1.29, 1.82) is 0 Å². The number of hydrogen-bond acceptors (Lipinski definition) is 5. The second kappa shape index (κ2) is 6.82. The first-order valence-electron chi connectivity index (χ1n) is 8.67. The quantitative estimate of drug-likeness (QED) is 0.795. The van der Waals surface area contributed by atoms with Crippen LogP contribution in [0.2, 0.25) is 0 Å². The third kappa shape index (κ3) is 3.02. The third-order valence-electron chi connectivity index (χ3n) is 4.93. The summed E-state index contributed by atoms with van der Waals surface area (Å²) in [5.74, 6) is -0.0465. The number of H-pyrrole nitrogens is 1. The van der Waals surface area contributed by atoms with Crippen LogP contribution in [0.4, 0.5) is 0 Å². The van der Waals surface area contributed by atoms with Crippen molar-refractivity contribution in [3.63, 3.8) is 0 Å². The molecule has 3 heterocycles. The van der Waals surface area contributed by atoms with E-state index in [1.807, 2.05) is 0 Å². The molecule has 1 amide bonds. The fraction of sp³-hybridized carbons (Fsp3) is 0.412. The van der Waals surface area contributed by atoms with Gasteiger partial charge < -0.3 is 15.2 Å². The third-order valence-corrected chi connectivity index (χ3v) is 6.84. The zero-order valence-electron chi connectivity index (χ0n) is 14.3. The SMILES string of the molecule is O=C([C@@H]1NCCc2[nH]cnc21)N1CCN(S(=O)(=O)c2ccccc2)CC1. The minimum absolute atomic E-state index is 0.0465. The van der Waals surface area contributed by atoms with Crippen LogP contribution in [0.1, 0.15) is 17.4 Å². The number of carbonyl (C=O) groups is 1. The number of imidazole rings is 1. The Kier molecular flexibility index (Phi) is 4.51. The summed E-state index contributed by atoms with van der Waals surface area (Å²) in [6, 6.07) is 7.94. The van der Waals surface area contributed by atoms with Crippen LogP contribution in [0, 0.1) is 0 Å². The van der Waals surface area contributed by atoms with E-state index in [0.717, 1.165) is 17.8 Å². The van der Waals surface area contributed by atoms with Gasteiger partial charge in [0.15, 0.2) is 0 Å². The summed E-state index contributed by atoms with van der Waals surface area (Å²) in [5.41, 5.74) is 1.74. The minimum atomic E-state index is -3.51. The van der Waals surface area contributed by atoms with Crippen LogP contribution in [0.3, 0.4) is 0 Å². The van der Waals surface area contributed by atoms with Gasteiger partial charge in [0.2, 0.25) is 15.9 Å². The van der Waals surface area contributed by atoms with Gasteiger partial charge in [-0.25, -0.2) is 13.4 Å². The van der Waals surface area contributed by atoms with Gasteiger partial charge in [0, 0.05) is 44.8 Å². The van der Waals surface area contributed by atoms with E-state index in [1.54, 1.807) is 41.6 Å². The first kappa shape index (κ1) is 17.2. The highest BCUT2D eigenvalue weighted by atomic mass is 32.2. The maximum atomic E-state index is 12.9. The van der Waals surface area contributed by atoms with Gasteiger partial charge in [0.05, 0.1) is 16.9 Å². The summed E-state index contributed by atoms with van der Waals surface area (Å²) in [6.07, 6.45) is 2.44. The Balaban J connectivity index is 1.44. The largest absolute Gasteiger partial charge is 0.348 e. The van der Waals surface area contributed by atoms with Crippen molar-refractivity contribution in [2.75, 3.05) is 32.7 Å². The van der Waals surface area contributed by atoms with Crippen LogP contribution in [0.5, 0.6) is 0 Å². The lowest BCUT2D eigenvalue weighted by molar-refractivity contribution is -0.135. The van der Waals surface area contributed by atoms with Crippen LogP contribution in [-0.4, -0.2) is 66.2 Å². The number of amides is 1. The Morgan fingerprint density at radius 3 is 2.58 bits per heavy atom. The molecule has 1 aromatic heterocycles. The lowest BCUT2D eigenvalue weighted by Gasteiger charge is -2.36. The molecule has 8 nitrogen and oxygen atoms in total. The maximum Gasteiger partial charge on any atom is 0.246 e. The Labute approximate surface area is 152 Å². The summed E-state index contributed by atoms with van der Waals surface area (Å²) >= 11 is 0. The molecule has 2 aliphatic heterocycles. The predicted molar refractivity (Wildman–Crippen MR) is 94.8 cm³/mol. The highest BCUT2D eigenvalue weighted by Crippen LogP contribution is 2.23. The van der Waals surface area contributed by atoms with Gasteiger partial charge in [-0.2, -0.15) is 4.31 Å². The molecule has 2 N–H and O–H groups in total. The smallest absolute Gasteiger partial charge is 0.246 e. The minimum Gasteiger partial charge on any atom is -0.348 e. The Morgan fingerprint density at radius 2 is 1.85 bits per heavy atom. The summed E-state index contributed by atoms with van der Waals surface area (Å²) in [5, 5.41) is 3.22. The van der Waals surface area contributed by atoms with Crippen LogP contribution in [0.25, 0.3) is 0 Å². The van der Waals surface area contributed by atoms with Gasteiger partial charge in [-0.3, -0.25) is 4.79 Å². The predicted octanol–water partition coefficient (Wildman–Crippen LogP) is 0.130. The average molecular weight is 375 g/mol. The second-order valence-electron chi connectivity index (χ2n) is 6.45. The number of fused-ring (bicyclic) bond motifs is 1. The van der Waals surface area contributed by atoms with Crippen molar-refractivity contribution < 1.29 is 13.2 Å². The van der Waals surface area contributed by atoms with E-state index in [4.69, 9.17) is 0 Å². The molecule has 1 fully saturated rings. The van der Waals surface area contributed by atoms with Crippen molar-refractivity contribution in [3.05, 3.63) is 48.0 Å². The van der Waals surface area contributed by atoms with Crippen molar-refractivity contribution in [2.45, 2.75) is 17.4 Å². The average Bonchev–Trinajstić information content (AvgIpc) is 3.17. The first-order valence-corrected chi connectivity index (χ1v) is 10.1. The molecule has 0 radical (unpaired) electrons. The fourth-order valence-corrected chi connectivity index (χ4v) is 4.94. The van der Waals surface area contributed by atoms with E-state index < -0.39 is 16.1 Å². The molecule has 1 atom stereocenters. The number of hydrogen-bond donors (Lipinski definition) is 2. The van der Waals surface area contributed by atoms with Crippen LogP contribution < -0.4 is 5.32 Å². The van der Waals surface area contributed by atoms with Gasteiger partial charge in [-0.15, -0.1) is 0 Å². The Hall–Kier alpha value is -2.23. The normalized spacial score (nSPS) is 21.4. The number of aromatic nitrogens is 2. The molecule has 0 bridgehead atoms. The number of rotatable bonds is 3. The number of nitrogens with zero attached hydrogens (tertiary/aromatic N) is 3. The number of nitrogens with one attached hydrogen (secondary N) is 2. The number of carbonyl (C=O) groups excluding carboxylic acids is 1. The molecular weight excluding hydrogens is 354 g/mol. The van der Waals surface area contributed by atoms with E-state index in [9.17, 15) is 13.2 Å². The van der Waals surface area contributed by atoms with Gasteiger partial charge in [-0.05, 0) is 12.1 Å². The summed E-state index contributed by atoms with van der Waals surface area (Å²) < 4.78 is 26.8. The second-order valence-corrected chi connectivity index (χ2v) is 8.38. The van der Waals surface area contributed by atoms with Crippen molar-refractivity contribution in [3.8, 4) is 0 Å². The van der Waals surface area contributed by atoms with Crippen molar-refractivity contribution >= 4 is 15.9 Å². The standard InChI is InChI=1S/C17H21N5O3S/c23-17(16-15-14(6-7-18-16)19-12-20-15)21-8-10-22(11-9-21)26(24,25)13-4-2-1-3-5-13/h1-5,12,16,18H,6-11H2,(H,19,20)/t16-/m1/s1. The van der Waals surface area contributed by atoms with Crippen molar-refractivity contribution in [1.82, 2.24) is 24.5 Å². The highest BCUT2D eigenvalue weighted by Gasteiger charge is 2.35. The van der Waals surface area contributed by atoms with E-state index in [0.29, 0.717) is 32.7 Å². The van der Waals surface area contributed by atoms with E-state index >= 15 is 0 Å². The maximum absolute atomic E-state index is 12.9. The Morgan fingerprint density at radius 1 is 1.12 bits per heavy atom. The van der Waals surface area contributed by atoms with Crippen LogP contribution >= 0.6 is 0 Å². The van der Waals surface area contributed by atoms with E-state index in [2.05, 4.69) is 15.3 Å². The van der Waals surface area contributed by atoms with Gasteiger partial charge in [-0.1, -0.05) is 18.2 Å². The molecule has 0 unspecified atom stereocenters. The number of benzene rings is 1. The summed E-state index contributed by atoms with van der Waals surface area (Å²) in [7, 11) is -3.51. The van der Waals surface area contributed by atoms with Gasteiger partial charge >= 0.3 is 0 Å². The molecule has 0 aliphatic carbocycles. The molecule has 138 valence electrons. The molecule has 26 heavy (non-hydrogen) atoms. The molecule has 1 saturated heterocycles. The van der Waals surface area contributed by atoms with Crippen LogP contribution in [-0.2, 0) is 21.2 Å². The molecule has 9 heteroatoms. The molecule has 4 rings (SSSR count). The molecule has 2 aliphatic rings. The topological polar surface area (TPSA) is 98.4 Å². The summed E-state index contributed by atoms with van der Waals surface area (Å²) in [4.78, 5) is 22.2. The van der Waals surface area contributed by atoms with Crippen molar-refractivity contribution in [2.24, 2.45) is 0 Å². The zero-order valence-corrected chi connectivity index (χ0v) is 15.1.